The lowest BCUT2D eigenvalue weighted by atomic mass is 9.94. The first kappa shape index (κ1) is 34.6. The number of ether oxygens (including phenoxy) is 6. The summed E-state index contributed by atoms with van der Waals surface area (Å²) >= 11 is 0. The van der Waals surface area contributed by atoms with Gasteiger partial charge in [-0.3, -0.25) is 33.7 Å². The highest BCUT2D eigenvalue weighted by Crippen LogP contribution is 2.35. The van der Waals surface area contributed by atoms with Gasteiger partial charge < -0.3 is 28.4 Å². The van der Waals surface area contributed by atoms with E-state index in [9.17, 15) is 28.8 Å². The molecule has 1 fully saturated rings. The molecular formula is C31H41NO12. The highest BCUT2D eigenvalue weighted by atomic mass is 16.7. The topological polar surface area (TPSA) is 161 Å². The second-order valence-corrected chi connectivity index (χ2v) is 10.6. The number of imide groups is 1. The van der Waals surface area contributed by atoms with Crippen LogP contribution in [0.3, 0.4) is 0 Å². The van der Waals surface area contributed by atoms with E-state index in [1.165, 1.54) is 19.1 Å². The van der Waals surface area contributed by atoms with Crippen LogP contribution in [0, 0.1) is 0 Å². The van der Waals surface area contributed by atoms with Crippen LogP contribution in [0.15, 0.2) is 24.3 Å². The Balaban J connectivity index is 1.78. The molecule has 3 unspecified atom stereocenters. The summed E-state index contributed by atoms with van der Waals surface area (Å²) in [5.41, 5.74) is 0.318. The van der Waals surface area contributed by atoms with Gasteiger partial charge in [0.1, 0.15) is 18.8 Å². The van der Waals surface area contributed by atoms with E-state index in [2.05, 4.69) is 0 Å². The lowest BCUT2D eigenvalue weighted by Gasteiger charge is -2.47. The van der Waals surface area contributed by atoms with Crippen molar-refractivity contribution in [3.8, 4) is 0 Å². The minimum atomic E-state index is -1.39. The second kappa shape index (κ2) is 16.9. The van der Waals surface area contributed by atoms with E-state index in [0.29, 0.717) is 19.4 Å². The van der Waals surface area contributed by atoms with Crippen LogP contribution in [0.25, 0.3) is 0 Å². The molecule has 0 aromatic heterocycles. The van der Waals surface area contributed by atoms with Crippen LogP contribution in [0.1, 0.15) is 93.4 Å². The number of benzene rings is 1. The van der Waals surface area contributed by atoms with Gasteiger partial charge in [-0.05, 0) is 31.9 Å². The molecule has 242 valence electrons. The van der Waals surface area contributed by atoms with Crippen molar-refractivity contribution in [3.05, 3.63) is 35.4 Å². The van der Waals surface area contributed by atoms with Crippen molar-refractivity contribution in [2.45, 2.75) is 103 Å². The zero-order chi connectivity index (χ0) is 32.2. The average Bonchev–Trinajstić information content (AvgIpc) is 3.21. The van der Waals surface area contributed by atoms with Gasteiger partial charge in [0, 0.05) is 33.8 Å². The van der Waals surface area contributed by atoms with Crippen LogP contribution < -0.4 is 0 Å². The monoisotopic (exact) mass is 619 g/mol. The summed E-state index contributed by atoms with van der Waals surface area (Å²) in [7, 11) is 0. The normalized spacial score (nSPS) is 22.7. The summed E-state index contributed by atoms with van der Waals surface area (Å²) < 4.78 is 33.4. The van der Waals surface area contributed by atoms with E-state index >= 15 is 0 Å². The quantitative estimate of drug-likeness (QED) is 0.115. The van der Waals surface area contributed by atoms with Gasteiger partial charge in [-0.2, -0.15) is 0 Å². The predicted octanol–water partition coefficient (Wildman–Crippen LogP) is 3.11. The van der Waals surface area contributed by atoms with Gasteiger partial charge in [0.15, 0.2) is 18.5 Å². The zero-order valence-corrected chi connectivity index (χ0v) is 25.6. The molecule has 44 heavy (non-hydrogen) atoms. The fraction of sp³-hybridized carbons (Fsp3) is 0.613. The Hall–Kier alpha value is -3.84. The molecule has 2 aliphatic heterocycles. The smallest absolute Gasteiger partial charge is 0.305 e. The number of rotatable bonds is 16. The van der Waals surface area contributed by atoms with Gasteiger partial charge in [0.2, 0.25) is 0 Å². The lowest BCUT2D eigenvalue weighted by molar-refractivity contribution is -0.286. The first-order chi connectivity index (χ1) is 21.0. The molecule has 5 atom stereocenters. The number of hydrogen-bond acceptors (Lipinski definition) is 12. The number of fused-ring (bicyclic) bond motifs is 1. The number of carbonyl (C=O) groups is 6. The lowest BCUT2D eigenvalue weighted by Crippen LogP contribution is -2.67. The van der Waals surface area contributed by atoms with E-state index in [-0.39, 0.29) is 30.3 Å². The van der Waals surface area contributed by atoms with Crippen LogP contribution in [0.4, 0.5) is 0 Å². The van der Waals surface area contributed by atoms with Crippen molar-refractivity contribution in [2.75, 3.05) is 19.8 Å². The van der Waals surface area contributed by atoms with Crippen LogP contribution >= 0.6 is 0 Å². The van der Waals surface area contributed by atoms with Gasteiger partial charge in [-0.15, -0.1) is 0 Å². The highest BCUT2D eigenvalue weighted by Gasteiger charge is 2.57. The Morgan fingerprint density at radius 2 is 1.34 bits per heavy atom. The number of unbranched alkanes of at least 4 members (excludes halogenated alkanes) is 5. The van der Waals surface area contributed by atoms with Crippen LogP contribution in [-0.4, -0.2) is 91.1 Å². The maximum Gasteiger partial charge on any atom is 0.305 e. The standard InChI is InChI=1S/C31H41NO12/c1-5-39-25(36)16-10-8-6-7-9-13-17-40-31-26(32-29(37)22-14-11-12-15-23(22)30(32)38)28(43-21(4)35)27(42-20(3)34)24(44-31)18-41-19(2)33/h11-12,14-15,24,26-28,31H,5-10,13,16-18H2,1-4H3/t24?,26?,27-,28?,31-/m1/s1. The number of amides is 2. The minimum absolute atomic E-state index is 0.159. The number of nitrogens with zero attached hydrogens (tertiary/aromatic N) is 1. The summed E-state index contributed by atoms with van der Waals surface area (Å²) in [4.78, 5) is 75.5. The van der Waals surface area contributed by atoms with E-state index < -0.39 is 60.4 Å². The number of carbonyl (C=O) groups excluding carboxylic acids is 6. The van der Waals surface area contributed by atoms with Crippen molar-refractivity contribution in [2.24, 2.45) is 0 Å². The summed E-state index contributed by atoms with van der Waals surface area (Å²) in [5.74, 6) is -3.62. The van der Waals surface area contributed by atoms with Gasteiger partial charge in [-0.1, -0.05) is 37.8 Å². The van der Waals surface area contributed by atoms with E-state index in [4.69, 9.17) is 28.4 Å². The van der Waals surface area contributed by atoms with Gasteiger partial charge >= 0.3 is 23.9 Å². The molecule has 2 heterocycles. The van der Waals surface area contributed by atoms with E-state index in [1.54, 1.807) is 19.1 Å². The number of esters is 4. The molecule has 1 saturated heterocycles. The van der Waals surface area contributed by atoms with Crippen LogP contribution in [0.5, 0.6) is 0 Å². The van der Waals surface area contributed by atoms with Crippen LogP contribution in [0.2, 0.25) is 0 Å². The fourth-order valence-electron chi connectivity index (χ4n) is 5.28. The SMILES string of the molecule is CCOC(=O)CCCCCCCCO[C@@H]1OC(COC(C)=O)[C@@H](OC(C)=O)C(OC(C)=O)C1N1C(=O)c2ccccc2C1=O. The summed E-state index contributed by atoms with van der Waals surface area (Å²) in [6.45, 7) is 5.42. The molecule has 1 aromatic rings. The Morgan fingerprint density at radius 1 is 0.773 bits per heavy atom. The van der Waals surface area contributed by atoms with Gasteiger partial charge in [-0.25, -0.2) is 0 Å². The third kappa shape index (κ3) is 9.33. The molecule has 2 aliphatic rings. The molecule has 13 nitrogen and oxygen atoms in total. The van der Waals surface area contributed by atoms with Crippen molar-refractivity contribution >= 4 is 35.7 Å². The minimum Gasteiger partial charge on any atom is -0.466 e. The van der Waals surface area contributed by atoms with E-state index in [0.717, 1.165) is 50.9 Å². The molecule has 0 radical (unpaired) electrons. The third-order valence-electron chi connectivity index (χ3n) is 7.16. The van der Waals surface area contributed by atoms with Crippen LogP contribution in [-0.2, 0) is 47.6 Å². The van der Waals surface area contributed by atoms with Crippen molar-refractivity contribution in [1.82, 2.24) is 4.90 Å². The summed E-state index contributed by atoms with van der Waals surface area (Å²) in [5, 5.41) is 0. The summed E-state index contributed by atoms with van der Waals surface area (Å²) in [6.07, 6.45) is 0.0563. The Kier molecular flexibility index (Phi) is 13.3. The molecule has 0 bridgehead atoms. The molecule has 0 saturated carbocycles. The fourth-order valence-corrected chi connectivity index (χ4v) is 5.28. The largest absolute Gasteiger partial charge is 0.466 e. The van der Waals surface area contributed by atoms with Crippen molar-refractivity contribution < 1.29 is 57.2 Å². The van der Waals surface area contributed by atoms with Gasteiger partial charge in [0.05, 0.1) is 17.7 Å². The van der Waals surface area contributed by atoms with Crippen molar-refractivity contribution in [1.29, 1.82) is 0 Å². The molecule has 1 aromatic carbocycles. The first-order valence-electron chi connectivity index (χ1n) is 14.9. The highest BCUT2D eigenvalue weighted by molar-refractivity contribution is 6.21. The Morgan fingerprint density at radius 3 is 1.91 bits per heavy atom. The summed E-state index contributed by atoms with van der Waals surface area (Å²) in [6, 6.07) is 4.93. The average molecular weight is 620 g/mol. The maximum atomic E-state index is 13.5. The molecular weight excluding hydrogens is 578 g/mol. The molecule has 0 N–H and O–H groups in total. The maximum absolute atomic E-state index is 13.5. The second-order valence-electron chi connectivity index (χ2n) is 10.6. The van der Waals surface area contributed by atoms with Crippen molar-refractivity contribution in [3.63, 3.8) is 0 Å². The Labute approximate surface area is 256 Å². The molecule has 13 heteroatoms. The number of hydrogen-bond donors (Lipinski definition) is 0. The molecule has 3 rings (SSSR count). The molecule has 2 amide bonds. The van der Waals surface area contributed by atoms with E-state index in [1.807, 2.05) is 0 Å². The predicted molar refractivity (Wildman–Crippen MR) is 152 cm³/mol. The zero-order valence-electron chi connectivity index (χ0n) is 25.6. The molecule has 0 aliphatic carbocycles. The third-order valence-corrected chi connectivity index (χ3v) is 7.16. The first-order valence-corrected chi connectivity index (χ1v) is 14.9. The Bertz CT molecular complexity index is 1160. The van der Waals surface area contributed by atoms with Gasteiger partial charge in [0.25, 0.3) is 11.8 Å². The molecule has 0 spiro atoms.